The Morgan fingerprint density at radius 2 is 1.82 bits per heavy atom. The maximum atomic E-state index is 6.12. The van der Waals surface area contributed by atoms with Gasteiger partial charge in [0.15, 0.2) is 0 Å². The fraction of sp³-hybridized carbons (Fsp3) is 0.647. The Hall–Kier alpha value is -0.355. The maximum Gasteiger partial charge on any atom is 0.494 e. The van der Waals surface area contributed by atoms with E-state index in [-0.39, 0.29) is 18.3 Å². The molecular formula is C17H24BBrO3. The van der Waals surface area contributed by atoms with E-state index in [1.165, 1.54) is 12.0 Å². The molecule has 0 amide bonds. The first-order valence-corrected chi connectivity index (χ1v) is 8.82. The summed E-state index contributed by atoms with van der Waals surface area (Å²) < 4.78 is 19.0. The molecule has 3 rings (SSSR count). The summed E-state index contributed by atoms with van der Waals surface area (Å²) in [5.41, 5.74) is 1.77. The fourth-order valence-corrected chi connectivity index (χ4v) is 3.71. The molecule has 120 valence electrons. The third-order valence-corrected chi connectivity index (χ3v) is 5.84. The number of rotatable bonds is 2. The van der Waals surface area contributed by atoms with Gasteiger partial charge in [0.1, 0.15) is 0 Å². The minimum absolute atomic E-state index is 0.306. The van der Waals surface area contributed by atoms with Gasteiger partial charge in [-0.15, -0.1) is 0 Å². The third-order valence-electron chi connectivity index (χ3n) is 5.15. The fourth-order valence-electron chi connectivity index (χ4n) is 2.99. The van der Waals surface area contributed by atoms with Gasteiger partial charge in [0.25, 0.3) is 0 Å². The SMILES string of the molecule is CC1(C)OB(c2ccc(C3CCCOC3)c(Br)c2)OC1(C)C. The van der Waals surface area contributed by atoms with E-state index >= 15 is 0 Å². The Balaban J connectivity index is 1.81. The molecule has 2 aliphatic heterocycles. The minimum Gasteiger partial charge on any atom is -0.399 e. The lowest BCUT2D eigenvalue weighted by Crippen LogP contribution is -2.41. The van der Waals surface area contributed by atoms with Gasteiger partial charge in [0, 0.05) is 17.0 Å². The quantitative estimate of drug-likeness (QED) is 0.748. The van der Waals surface area contributed by atoms with E-state index in [1.54, 1.807) is 0 Å². The molecule has 0 bridgehead atoms. The van der Waals surface area contributed by atoms with Crippen LogP contribution in [0.3, 0.4) is 0 Å². The van der Waals surface area contributed by atoms with Crippen LogP contribution in [0.2, 0.25) is 0 Å². The molecule has 1 aromatic carbocycles. The van der Waals surface area contributed by atoms with Crippen LogP contribution in [0.4, 0.5) is 0 Å². The zero-order valence-electron chi connectivity index (χ0n) is 13.8. The molecule has 0 saturated carbocycles. The van der Waals surface area contributed by atoms with Gasteiger partial charge in [-0.25, -0.2) is 0 Å². The molecule has 0 N–H and O–H groups in total. The van der Waals surface area contributed by atoms with E-state index in [1.807, 2.05) is 0 Å². The molecular weight excluding hydrogens is 343 g/mol. The molecule has 1 unspecified atom stereocenters. The Labute approximate surface area is 142 Å². The smallest absolute Gasteiger partial charge is 0.399 e. The monoisotopic (exact) mass is 366 g/mol. The molecule has 3 nitrogen and oxygen atoms in total. The molecule has 2 saturated heterocycles. The molecule has 1 atom stereocenters. The van der Waals surface area contributed by atoms with Gasteiger partial charge in [-0.2, -0.15) is 0 Å². The highest BCUT2D eigenvalue weighted by atomic mass is 79.9. The summed E-state index contributed by atoms with van der Waals surface area (Å²) >= 11 is 3.72. The van der Waals surface area contributed by atoms with Crippen LogP contribution >= 0.6 is 15.9 Å². The molecule has 0 aliphatic carbocycles. The van der Waals surface area contributed by atoms with E-state index in [0.29, 0.717) is 5.92 Å². The van der Waals surface area contributed by atoms with Gasteiger partial charge in [-0.05, 0) is 57.6 Å². The molecule has 1 aromatic rings. The van der Waals surface area contributed by atoms with Crippen molar-refractivity contribution in [3.05, 3.63) is 28.2 Å². The summed E-state index contributed by atoms with van der Waals surface area (Å²) in [6, 6.07) is 6.44. The van der Waals surface area contributed by atoms with E-state index in [9.17, 15) is 0 Å². The van der Waals surface area contributed by atoms with Crippen LogP contribution in [0.15, 0.2) is 22.7 Å². The first-order chi connectivity index (χ1) is 10.3. The highest BCUT2D eigenvalue weighted by Gasteiger charge is 2.51. The molecule has 2 aliphatic rings. The average molecular weight is 367 g/mol. The van der Waals surface area contributed by atoms with Crippen molar-refractivity contribution in [2.75, 3.05) is 13.2 Å². The van der Waals surface area contributed by atoms with E-state index in [4.69, 9.17) is 14.0 Å². The van der Waals surface area contributed by atoms with Crippen LogP contribution in [0, 0.1) is 0 Å². The number of halogens is 1. The molecule has 0 radical (unpaired) electrons. The standard InChI is InChI=1S/C17H24BBrO3/c1-16(2)17(3,4)22-18(21-16)13-7-8-14(15(19)10-13)12-6-5-9-20-11-12/h7-8,10,12H,5-6,9,11H2,1-4H3. The Bertz CT molecular complexity index is 537. The largest absolute Gasteiger partial charge is 0.494 e. The summed E-state index contributed by atoms with van der Waals surface area (Å²) in [7, 11) is -0.307. The minimum atomic E-state index is -0.307. The van der Waals surface area contributed by atoms with Crippen LogP contribution in [0.25, 0.3) is 0 Å². The van der Waals surface area contributed by atoms with Crippen molar-refractivity contribution in [1.82, 2.24) is 0 Å². The summed E-state index contributed by atoms with van der Waals surface area (Å²) in [5, 5.41) is 0. The highest BCUT2D eigenvalue weighted by molar-refractivity contribution is 9.10. The molecule has 0 aromatic heterocycles. The number of ether oxygens (including phenoxy) is 1. The van der Waals surface area contributed by atoms with E-state index < -0.39 is 0 Å². The van der Waals surface area contributed by atoms with Crippen LogP contribution < -0.4 is 5.46 Å². The number of hydrogen-bond acceptors (Lipinski definition) is 3. The molecule has 0 spiro atoms. The van der Waals surface area contributed by atoms with Gasteiger partial charge in [0.2, 0.25) is 0 Å². The van der Waals surface area contributed by atoms with Gasteiger partial charge in [-0.1, -0.05) is 28.1 Å². The van der Waals surface area contributed by atoms with Gasteiger partial charge >= 0.3 is 7.12 Å². The predicted octanol–water partition coefficient (Wildman–Crippen LogP) is 3.64. The second-order valence-electron chi connectivity index (χ2n) is 7.28. The van der Waals surface area contributed by atoms with Crippen molar-refractivity contribution < 1.29 is 14.0 Å². The summed E-state index contributed by atoms with van der Waals surface area (Å²) in [4.78, 5) is 0. The van der Waals surface area contributed by atoms with Crippen LogP contribution in [-0.4, -0.2) is 31.5 Å². The Kier molecular flexibility index (Phi) is 4.45. The molecule has 5 heteroatoms. The summed E-state index contributed by atoms with van der Waals surface area (Å²) in [6.45, 7) is 10.0. The van der Waals surface area contributed by atoms with Crippen LogP contribution in [0.1, 0.15) is 52.0 Å². The van der Waals surface area contributed by atoms with Gasteiger partial charge in [-0.3, -0.25) is 0 Å². The number of benzene rings is 1. The van der Waals surface area contributed by atoms with Crippen LogP contribution in [0.5, 0.6) is 0 Å². The zero-order valence-corrected chi connectivity index (χ0v) is 15.4. The van der Waals surface area contributed by atoms with Crippen molar-refractivity contribution in [3.63, 3.8) is 0 Å². The van der Waals surface area contributed by atoms with E-state index in [2.05, 4.69) is 61.8 Å². The lowest BCUT2D eigenvalue weighted by atomic mass is 9.78. The van der Waals surface area contributed by atoms with Crippen molar-refractivity contribution in [1.29, 1.82) is 0 Å². The second-order valence-corrected chi connectivity index (χ2v) is 8.14. The van der Waals surface area contributed by atoms with Gasteiger partial charge < -0.3 is 14.0 Å². The van der Waals surface area contributed by atoms with E-state index in [0.717, 1.165) is 29.6 Å². The van der Waals surface area contributed by atoms with Crippen molar-refractivity contribution >= 4 is 28.5 Å². The second kappa shape index (κ2) is 5.93. The molecule has 2 fully saturated rings. The lowest BCUT2D eigenvalue weighted by Gasteiger charge is -2.32. The number of hydrogen-bond donors (Lipinski definition) is 0. The average Bonchev–Trinajstić information content (AvgIpc) is 2.68. The van der Waals surface area contributed by atoms with Crippen molar-refractivity contribution in [2.24, 2.45) is 0 Å². The predicted molar refractivity (Wildman–Crippen MR) is 92.7 cm³/mol. The Morgan fingerprint density at radius 3 is 2.36 bits per heavy atom. The first kappa shape index (κ1) is 16.5. The molecule has 22 heavy (non-hydrogen) atoms. The maximum absolute atomic E-state index is 6.12. The van der Waals surface area contributed by atoms with Crippen molar-refractivity contribution in [2.45, 2.75) is 57.7 Å². The summed E-state index contributed by atoms with van der Waals surface area (Å²) in [5.74, 6) is 0.482. The van der Waals surface area contributed by atoms with Gasteiger partial charge in [0.05, 0.1) is 17.8 Å². The highest BCUT2D eigenvalue weighted by Crippen LogP contribution is 2.37. The van der Waals surface area contributed by atoms with Crippen LogP contribution in [-0.2, 0) is 14.0 Å². The third kappa shape index (κ3) is 3.01. The normalized spacial score (nSPS) is 27.1. The summed E-state index contributed by atoms with van der Waals surface area (Å²) in [6.07, 6.45) is 2.32. The topological polar surface area (TPSA) is 27.7 Å². The van der Waals surface area contributed by atoms with Crippen molar-refractivity contribution in [3.8, 4) is 0 Å². The zero-order chi connectivity index (χ0) is 16.0. The lowest BCUT2D eigenvalue weighted by molar-refractivity contribution is 0.00578. The molecule has 2 heterocycles. The first-order valence-electron chi connectivity index (χ1n) is 8.03. The Morgan fingerprint density at radius 1 is 1.14 bits per heavy atom.